The molecule has 0 radical (unpaired) electrons. The van der Waals surface area contributed by atoms with Crippen molar-refractivity contribution >= 4 is 11.9 Å². The second-order valence-electron chi connectivity index (χ2n) is 7.14. The van der Waals surface area contributed by atoms with E-state index in [9.17, 15) is 9.59 Å². The highest BCUT2D eigenvalue weighted by atomic mass is 16.5. The van der Waals surface area contributed by atoms with Gasteiger partial charge in [0.2, 0.25) is 0 Å². The normalized spacial score (nSPS) is 10.6. The van der Waals surface area contributed by atoms with Crippen LogP contribution in [0.25, 0.3) is 0 Å². The average molecular weight is 375 g/mol. The number of rotatable bonds is 15. The molecule has 27 heavy (non-hydrogen) atoms. The number of benzene rings is 1. The number of aryl methyl sites for hydroxylation is 1. The van der Waals surface area contributed by atoms with Crippen LogP contribution in [0.15, 0.2) is 36.4 Å². The summed E-state index contributed by atoms with van der Waals surface area (Å²) in [4.78, 5) is 22.3. The Morgan fingerprint density at radius 1 is 0.889 bits per heavy atom. The topological polar surface area (TPSA) is 63.6 Å². The number of aliphatic carboxylic acids is 1. The highest BCUT2D eigenvalue weighted by Crippen LogP contribution is 2.17. The molecule has 0 heterocycles. The third-order valence-electron chi connectivity index (χ3n) is 4.61. The molecule has 0 amide bonds. The van der Waals surface area contributed by atoms with Crippen LogP contribution in [-0.4, -0.2) is 17.0 Å². The summed E-state index contributed by atoms with van der Waals surface area (Å²) in [5, 5.41) is 8.66. The molecule has 0 saturated carbocycles. The van der Waals surface area contributed by atoms with Gasteiger partial charge in [-0.1, -0.05) is 83.4 Å². The number of unbranched alkanes of at least 4 members (excludes halogenated alkanes) is 9. The van der Waals surface area contributed by atoms with Crippen LogP contribution in [0, 0.1) is 0 Å². The molecule has 0 bridgehead atoms. The van der Waals surface area contributed by atoms with E-state index < -0.39 is 18.4 Å². The van der Waals surface area contributed by atoms with Gasteiger partial charge >= 0.3 is 11.9 Å². The first-order valence-electron chi connectivity index (χ1n) is 10.2. The first-order valence-corrected chi connectivity index (χ1v) is 10.2. The van der Waals surface area contributed by atoms with Gasteiger partial charge in [0.15, 0.2) is 0 Å². The molecule has 1 N–H and O–H groups in total. The fraction of sp³-hybridized carbons (Fsp3) is 0.565. The zero-order valence-electron chi connectivity index (χ0n) is 16.7. The molecule has 4 heteroatoms. The molecule has 0 aliphatic heterocycles. The number of carbonyl (C=O) groups excluding carboxylic acids is 1. The Morgan fingerprint density at radius 2 is 1.41 bits per heavy atom. The molecular formula is C23H34O4. The highest BCUT2D eigenvalue weighted by molar-refractivity contribution is 5.94. The fourth-order valence-electron chi connectivity index (χ4n) is 2.97. The molecule has 150 valence electrons. The van der Waals surface area contributed by atoms with Crippen molar-refractivity contribution in [2.75, 3.05) is 0 Å². The van der Waals surface area contributed by atoms with E-state index in [0.29, 0.717) is 5.75 Å². The van der Waals surface area contributed by atoms with Crippen LogP contribution in [0.1, 0.15) is 83.1 Å². The quantitative estimate of drug-likeness (QED) is 0.175. The zero-order valence-corrected chi connectivity index (χ0v) is 16.7. The molecule has 0 fully saturated rings. The SMILES string of the molecule is C=C(CC(=O)O)C(=O)Oc1ccc(CCCCCCCCCCCC)cc1. The fourth-order valence-corrected chi connectivity index (χ4v) is 2.97. The van der Waals surface area contributed by atoms with Gasteiger partial charge in [-0.2, -0.15) is 0 Å². The van der Waals surface area contributed by atoms with E-state index >= 15 is 0 Å². The molecule has 4 nitrogen and oxygen atoms in total. The van der Waals surface area contributed by atoms with Crippen molar-refractivity contribution in [1.82, 2.24) is 0 Å². The average Bonchev–Trinajstić information content (AvgIpc) is 2.64. The lowest BCUT2D eigenvalue weighted by atomic mass is 10.0. The van der Waals surface area contributed by atoms with Gasteiger partial charge in [-0.3, -0.25) is 4.79 Å². The maximum absolute atomic E-state index is 11.7. The second-order valence-corrected chi connectivity index (χ2v) is 7.14. The van der Waals surface area contributed by atoms with Gasteiger partial charge in [0.1, 0.15) is 5.75 Å². The Hall–Kier alpha value is -2.10. The van der Waals surface area contributed by atoms with E-state index in [0.717, 1.165) is 6.42 Å². The van der Waals surface area contributed by atoms with E-state index in [1.54, 1.807) is 12.1 Å². The smallest absolute Gasteiger partial charge is 0.339 e. The summed E-state index contributed by atoms with van der Waals surface area (Å²) in [7, 11) is 0. The van der Waals surface area contributed by atoms with Crippen LogP contribution in [-0.2, 0) is 16.0 Å². The van der Waals surface area contributed by atoms with Crippen molar-refractivity contribution in [3.05, 3.63) is 42.0 Å². The van der Waals surface area contributed by atoms with Crippen LogP contribution in [0.4, 0.5) is 0 Å². The number of esters is 1. The van der Waals surface area contributed by atoms with Gasteiger partial charge in [-0.25, -0.2) is 4.79 Å². The van der Waals surface area contributed by atoms with Gasteiger partial charge in [-0.05, 0) is 30.5 Å². The second kappa shape index (κ2) is 14.0. The monoisotopic (exact) mass is 374 g/mol. The van der Waals surface area contributed by atoms with E-state index in [1.165, 1.54) is 69.8 Å². The van der Waals surface area contributed by atoms with Gasteiger partial charge in [0, 0.05) is 5.57 Å². The van der Waals surface area contributed by atoms with Gasteiger partial charge in [-0.15, -0.1) is 0 Å². The van der Waals surface area contributed by atoms with Crippen LogP contribution in [0.5, 0.6) is 5.75 Å². The molecule has 0 spiro atoms. The Balaban J connectivity index is 2.15. The van der Waals surface area contributed by atoms with Crippen LogP contribution >= 0.6 is 0 Å². The largest absolute Gasteiger partial charge is 0.481 e. The molecule has 0 aliphatic carbocycles. The first-order chi connectivity index (χ1) is 13.0. The lowest BCUT2D eigenvalue weighted by molar-refractivity contribution is -0.138. The van der Waals surface area contributed by atoms with Crippen LogP contribution in [0.3, 0.4) is 0 Å². The predicted molar refractivity (Wildman–Crippen MR) is 109 cm³/mol. The summed E-state index contributed by atoms with van der Waals surface area (Å²) < 4.78 is 5.14. The zero-order chi connectivity index (χ0) is 19.9. The molecular weight excluding hydrogens is 340 g/mol. The molecule has 1 aromatic carbocycles. The molecule has 0 saturated heterocycles. The Labute approximate surface area is 163 Å². The number of carboxylic acids is 1. The Morgan fingerprint density at radius 3 is 1.93 bits per heavy atom. The summed E-state index contributed by atoms with van der Waals surface area (Å²) in [5.41, 5.74) is 1.16. The molecule has 1 aromatic rings. The Bertz CT molecular complexity index is 575. The number of hydrogen-bond donors (Lipinski definition) is 1. The number of carboxylic acid groups (broad SMARTS) is 1. The number of ether oxygens (including phenoxy) is 1. The number of carbonyl (C=O) groups is 2. The standard InChI is InChI=1S/C23H34O4/c1-3-4-5-6-7-8-9-10-11-12-13-20-14-16-21(17-15-20)27-23(26)19(2)18-22(24)25/h14-17H,2-13,18H2,1H3,(H,24,25). The number of hydrogen-bond acceptors (Lipinski definition) is 3. The van der Waals surface area contributed by atoms with Crippen molar-refractivity contribution < 1.29 is 19.4 Å². The third-order valence-corrected chi connectivity index (χ3v) is 4.61. The minimum Gasteiger partial charge on any atom is -0.481 e. The molecule has 1 rings (SSSR count). The molecule has 0 aromatic heterocycles. The van der Waals surface area contributed by atoms with E-state index in [1.807, 2.05) is 12.1 Å². The lowest BCUT2D eigenvalue weighted by Crippen LogP contribution is -2.13. The molecule has 0 unspecified atom stereocenters. The van der Waals surface area contributed by atoms with Gasteiger partial charge in [0.25, 0.3) is 0 Å². The van der Waals surface area contributed by atoms with Crippen molar-refractivity contribution in [1.29, 1.82) is 0 Å². The summed E-state index contributed by atoms with van der Waals surface area (Å²) in [5.74, 6) is -1.37. The summed E-state index contributed by atoms with van der Waals surface area (Å²) in [6.45, 7) is 5.69. The van der Waals surface area contributed by atoms with E-state index in [-0.39, 0.29) is 5.57 Å². The summed E-state index contributed by atoms with van der Waals surface area (Å²) in [6.07, 6.45) is 13.9. The van der Waals surface area contributed by atoms with E-state index in [2.05, 4.69) is 13.5 Å². The van der Waals surface area contributed by atoms with Gasteiger partial charge < -0.3 is 9.84 Å². The highest BCUT2D eigenvalue weighted by Gasteiger charge is 2.13. The summed E-state index contributed by atoms with van der Waals surface area (Å²) >= 11 is 0. The van der Waals surface area contributed by atoms with Crippen molar-refractivity contribution in [3.8, 4) is 5.75 Å². The summed E-state index contributed by atoms with van der Waals surface area (Å²) in [6, 6.07) is 7.40. The van der Waals surface area contributed by atoms with E-state index in [4.69, 9.17) is 9.84 Å². The Kier molecular flexibility index (Phi) is 11.9. The first kappa shape index (κ1) is 22.9. The molecule has 0 aliphatic rings. The minimum absolute atomic E-state index is 0.0584. The van der Waals surface area contributed by atoms with Crippen molar-refractivity contribution in [2.45, 2.75) is 84.0 Å². The lowest BCUT2D eigenvalue weighted by Gasteiger charge is -2.07. The van der Waals surface area contributed by atoms with Crippen LogP contribution in [0.2, 0.25) is 0 Å². The predicted octanol–water partition coefficient (Wildman–Crippen LogP) is 6.09. The minimum atomic E-state index is -1.09. The molecule has 0 atom stereocenters. The maximum atomic E-state index is 11.7. The third kappa shape index (κ3) is 11.3. The van der Waals surface area contributed by atoms with Crippen LogP contribution < -0.4 is 4.74 Å². The van der Waals surface area contributed by atoms with Gasteiger partial charge in [0.05, 0.1) is 6.42 Å². The van der Waals surface area contributed by atoms with Crippen molar-refractivity contribution in [3.63, 3.8) is 0 Å². The maximum Gasteiger partial charge on any atom is 0.339 e. The van der Waals surface area contributed by atoms with Crippen molar-refractivity contribution in [2.24, 2.45) is 0 Å².